The Balaban J connectivity index is 2.97. The zero-order chi connectivity index (χ0) is 13.5. The molecule has 0 bridgehead atoms. The summed E-state index contributed by atoms with van der Waals surface area (Å²) in [5.41, 5.74) is -0.242. The summed E-state index contributed by atoms with van der Waals surface area (Å²) in [6, 6.07) is 3.68. The van der Waals surface area contributed by atoms with Crippen molar-refractivity contribution in [3.8, 4) is 0 Å². The Kier molecular flexibility index (Phi) is 2.95. The SMILES string of the molecule is CNS(=O)(=O)c1cn(C)c2ccc(F)cc2c1=O. The maximum atomic E-state index is 13.1. The van der Waals surface area contributed by atoms with Gasteiger partial charge in [0.25, 0.3) is 0 Å². The van der Waals surface area contributed by atoms with Gasteiger partial charge in [0, 0.05) is 18.6 Å². The summed E-state index contributed by atoms with van der Waals surface area (Å²) < 4.78 is 40.1. The second-order valence-corrected chi connectivity index (χ2v) is 5.66. The molecule has 1 N–H and O–H groups in total. The fourth-order valence-electron chi connectivity index (χ4n) is 1.74. The molecule has 0 aliphatic rings. The van der Waals surface area contributed by atoms with Crippen LogP contribution < -0.4 is 10.2 Å². The molecule has 1 heterocycles. The van der Waals surface area contributed by atoms with Crippen LogP contribution in [0.3, 0.4) is 0 Å². The molecule has 5 nitrogen and oxygen atoms in total. The number of halogens is 1. The van der Waals surface area contributed by atoms with Gasteiger partial charge in [0.1, 0.15) is 10.7 Å². The minimum Gasteiger partial charge on any atom is -0.349 e. The molecule has 1 aromatic heterocycles. The van der Waals surface area contributed by atoms with Crippen molar-refractivity contribution in [3.63, 3.8) is 0 Å². The predicted octanol–water partition coefficient (Wildman–Crippen LogP) is 0.586. The highest BCUT2D eigenvalue weighted by Crippen LogP contribution is 2.14. The molecule has 0 fully saturated rings. The number of aryl methyl sites for hydroxylation is 1. The summed E-state index contributed by atoms with van der Waals surface area (Å²) in [5.74, 6) is -0.585. The van der Waals surface area contributed by atoms with Crippen LogP contribution >= 0.6 is 0 Å². The van der Waals surface area contributed by atoms with E-state index in [0.29, 0.717) is 5.52 Å². The van der Waals surface area contributed by atoms with Crippen LogP contribution in [0.4, 0.5) is 4.39 Å². The van der Waals surface area contributed by atoms with Crippen molar-refractivity contribution in [2.75, 3.05) is 7.05 Å². The molecule has 0 aliphatic carbocycles. The van der Waals surface area contributed by atoms with E-state index in [-0.39, 0.29) is 5.39 Å². The number of sulfonamides is 1. The first-order chi connectivity index (χ1) is 8.36. The average molecular weight is 270 g/mol. The van der Waals surface area contributed by atoms with Gasteiger partial charge in [-0.3, -0.25) is 4.79 Å². The number of nitrogens with one attached hydrogen (secondary N) is 1. The monoisotopic (exact) mass is 270 g/mol. The number of hydrogen-bond donors (Lipinski definition) is 1. The average Bonchev–Trinajstić information content (AvgIpc) is 2.33. The Bertz CT molecular complexity index is 781. The standard InChI is InChI=1S/C11H11FN2O3S/c1-13-18(16,17)10-6-14(2)9-4-3-7(12)5-8(9)11(10)15/h3-6,13H,1-2H3. The fraction of sp³-hybridized carbons (Fsp3) is 0.182. The zero-order valence-corrected chi connectivity index (χ0v) is 10.6. The van der Waals surface area contributed by atoms with Crippen molar-refractivity contribution in [2.45, 2.75) is 4.90 Å². The zero-order valence-electron chi connectivity index (χ0n) is 9.77. The van der Waals surface area contributed by atoms with Gasteiger partial charge in [-0.2, -0.15) is 0 Å². The van der Waals surface area contributed by atoms with Gasteiger partial charge < -0.3 is 4.57 Å². The smallest absolute Gasteiger partial charge is 0.245 e. The van der Waals surface area contributed by atoms with E-state index in [9.17, 15) is 17.6 Å². The molecule has 0 atom stereocenters. The van der Waals surface area contributed by atoms with Crippen molar-refractivity contribution in [1.29, 1.82) is 0 Å². The van der Waals surface area contributed by atoms with Gasteiger partial charge in [0.05, 0.1) is 5.52 Å². The molecule has 0 aliphatic heterocycles. The first-order valence-electron chi connectivity index (χ1n) is 5.09. The maximum Gasteiger partial charge on any atom is 0.245 e. The van der Waals surface area contributed by atoms with Crippen LogP contribution in [-0.4, -0.2) is 20.0 Å². The molecular formula is C11H11FN2O3S. The van der Waals surface area contributed by atoms with E-state index in [0.717, 1.165) is 6.07 Å². The number of nitrogens with zero attached hydrogens (tertiary/aromatic N) is 1. The molecule has 2 aromatic rings. The van der Waals surface area contributed by atoms with Crippen LogP contribution in [0.5, 0.6) is 0 Å². The Labute approximate surface area is 103 Å². The van der Waals surface area contributed by atoms with Crippen LogP contribution in [0.1, 0.15) is 0 Å². The van der Waals surface area contributed by atoms with Crippen molar-refractivity contribution in [2.24, 2.45) is 7.05 Å². The lowest BCUT2D eigenvalue weighted by Crippen LogP contribution is -2.26. The quantitative estimate of drug-likeness (QED) is 0.868. The highest BCUT2D eigenvalue weighted by molar-refractivity contribution is 7.89. The molecule has 0 unspecified atom stereocenters. The molecule has 96 valence electrons. The topological polar surface area (TPSA) is 68.2 Å². The molecule has 7 heteroatoms. The molecular weight excluding hydrogens is 259 g/mol. The van der Waals surface area contributed by atoms with Crippen LogP contribution in [0.15, 0.2) is 34.1 Å². The van der Waals surface area contributed by atoms with Crippen molar-refractivity contribution >= 4 is 20.9 Å². The minimum absolute atomic E-state index is 0.0359. The molecule has 18 heavy (non-hydrogen) atoms. The number of aromatic nitrogens is 1. The van der Waals surface area contributed by atoms with Crippen molar-refractivity contribution < 1.29 is 12.8 Å². The van der Waals surface area contributed by atoms with Gasteiger partial charge in [0.2, 0.25) is 15.5 Å². The third kappa shape index (κ3) is 1.91. The molecule has 2 rings (SSSR count). The first kappa shape index (κ1) is 12.7. The maximum absolute atomic E-state index is 13.1. The summed E-state index contributed by atoms with van der Waals surface area (Å²) in [7, 11) is -1.06. The molecule has 0 spiro atoms. The molecule has 1 aromatic carbocycles. The van der Waals surface area contributed by atoms with Gasteiger partial charge in [-0.25, -0.2) is 17.5 Å². The lowest BCUT2D eigenvalue weighted by molar-refractivity contribution is 0.586. The highest BCUT2D eigenvalue weighted by atomic mass is 32.2. The van der Waals surface area contributed by atoms with Gasteiger partial charge in [-0.1, -0.05) is 0 Å². The molecule has 0 amide bonds. The summed E-state index contributed by atoms with van der Waals surface area (Å²) >= 11 is 0. The van der Waals surface area contributed by atoms with E-state index >= 15 is 0 Å². The number of hydrogen-bond acceptors (Lipinski definition) is 3. The first-order valence-corrected chi connectivity index (χ1v) is 6.57. The lowest BCUT2D eigenvalue weighted by atomic mass is 10.2. The Hall–Kier alpha value is -1.73. The number of fused-ring (bicyclic) bond motifs is 1. The van der Waals surface area contributed by atoms with Gasteiger partial charge in [-0.05, 0) is 25.2 Å². The summed E-state index contributed by atoms with van der Waals surface area (Å²) in [5, 5.41) is 0.0359. The second-order valence-electron chi connectivity index (χ2n) is 3.80. The van der Waals surface area contributed by atoms with Crippen molar-refractivity contribution in [1.82, 2.24) is 9.29 Å². The second kappa shape index (κ2) is 4.18. The van der Waals surface area contributed by atoms with E-state index in [1.165, 1.54) is 29.9 Å². The van der Waals surface area contributed by atoms with Crippen LogP contribution in [0.25, 0.3) is 10.9 Å². The third-order valence-electron chi connectivity index (χ3n) is 2.68. The van der Waals surface area contributed by atoms with Gasteiger partial charge in [-0.15, -0.1) is 0 Å². The number of rotatable bonds is 2. The predicted molar refractivity (Wildman–Crippen MR) is 65.4 cm³/mol. The lowest BCUT2D eigenvalue weighted by Gasteiger charge is -2.09. The fourth-order valence-corrected chi connectivity index (χ4v) is 2.61. The van der Waals surface area contributed by atoms with E-state index in [1.807, 2.05) is 0 Å². The Morgan fingerprint density at radius 1 is 1.33 bits per heavy atom. The van der Waals surface area contributed by atoms with Crippen LogP contribution in [0.2, 0.25) is 0 Å². The van der Waals surface area contributed by atoms with Crippen LogP contribution in [0, 0.1) is 5.82 Å². The van der Waals surface area contributed by atoms with E-state index in [2.05, 4.69) is 4.72 Å². The van der Waals surface area contributed by atoms with Gasteiger partial charge in [0.15, 0.2) is 0 Å². The molecule has 0 saturated carbocycles. The van der Waals surface area contributed by atoms with Crippen molar-refractivity contribution in [3.05, 3.63) is 40.4 Å². The summed E-state index contributed by atoms with van der Waals surface area (Å²) in [4.78, 5) is 11.6. The Morgan fingerprint density at radius 3 is 2.61 bits per heavy atom. The van der Waals surface area contributed by atoms with E-state index < -0.39 is 26.2 Å². The minimum atomic E-state index is -3.86. The largest absolute Gasteiger partial charge is 0.349 e. The Morgan fingerprint density at radius 2 is 2.00 bits per heavy atom. The summed E-state index contributed by atoms with van der Waals surface area (Å²) in [6.45, 7) is 0. The normalized spacial score (nSPS) is 11.9. The molecule has 0 saturated heterocycles. The van der Waals surface area contributed by atoms with Crippen LogP contribution in [-0.2, 0) is 17.1 Å². The third-order valence-corrected chi connectivity index (χ3v) is 4.08. The van der Waals surface area contributed by atoms with E-state index in [4.69, 9.17) is 0 Å². The summed E-state index contributed by atoms with van der Waals surface area (Å²) in [6.07, 6.45) is 1.22. The number of pyridine rings is 1. The molecule has 0 radical (unpaired) electrons. The highest BCUT2D eigenvalue weighted by Gasteiger charge is 2.19. The number of benzene rings is 1. The van der Waals surface area contributed by atoms with E-state index in [1.54, 1.807) is 7.05 Å². The van der Waals surface area contributed by atoms with Gasteiger partial charge >= 0.3 is 0 Å².